The molecule has 3 rings (SSSR count). The fraction of sp³-hybridized carbons (Fsp3) is 0.182. The first kappa shape index (κ1) is 20.0. The van der Waals surface area contributed by atoms with Crippen molar-refractivity contribution in [2.45, 2.75) is 25.9 Å². The second-order valence-corrected chi connectivity index (χ2v) is 6.56. The number of nitrogens with zero attached hydrogens (tertiary/aromatic N) is 2. The Bertz CT molecular complexity index is 1010. The van der Waals surface area contributed by atoms with Crippen LogP contribution in [0.25, 0.3) is 11.3 Å². The molecular formula is C22H22N4O3. The van der Waals surface area contributed by atoms with Gasteiger partial charge in [0.05, 0.1) is 5.56 Å². The number of amides is 2. The third-order valence-electron chi connectivity index (χ3n) is 4.52. The van der Waals surface area contributed by atoms with Crippen LogP contribution in [-0.4, -0.2) is 33.4 Å². The number of hydrogen-bond donors (Lipinski definition) is 2. The first-order valence-corrected chi connectivity index (χ1v) is 9.31. The van der Waals surface area contributed by atoms with E-state index in [9.17, 15) is 14.4 Å². The molecule has 0 aliphatic carbocycles. The molecule has 2 aromatic carbocycles. The topological polar surface area (TPSA) is 107 Å². The van der Waals surface area contributed by atoms with Crippen molar-refractivity contribution in [3.63, 3.8) is 0 Å². The Balaban J connectivity index is 1.90. The van der Waals surface area contributed by atoms with E-state index in [4.69, 9.17) is 5.73 Å². The van der Waals surface area contributed by atoms with Gasteiger partial charge in [-0.15, -0.1) is 0 Å². The van der Waals surface area contributed by atoms with Crippen LogP contribution in [0.1, 0.15) is 22.8 Å². The third kappa shape index (κ3) is 4.76. The van der Waals surface area contributed by atoms with Crippen LogP contribution in [0, 0.1) is 0 Å². The molecule has 3 N–H and O–H groups in total. The highest BCUT2D eigenvalue weighted by Crippen LogP contribution is 2.22. The van der Waals surface area contributed by atoms with Crippen molar-refractivity contribution in [1.29, 1.82) is 0 Å². The van der Waals surface area contributed by atoms with Crippen LogP contribution in [0.5, 0.6) is 0 Å². The second-order valence-electron chi connectivity index (χ2n) is 6.56. The van der Waals surface area contributed by atoms with Gasteiger partial charge in [-0.1, -0.05) is 60.7 Å². The fourth-order valence-corrected chi connectivity index (χ4v) is 3.03. The van der Waals surface area contributed by atoms with Gasteiger partial charge >= 0.3 is 0 Å². The van der Waals surface area contributed by atoms with E-state index in [1.165, 1.54) is 0 Å². The number of benzene rings is 2. The molecule has 2 amide bonds. The monoisotopic (exact) mass is 390 g/mol. The molecular weight excluding hydrogens is 368 g/mol. The molecule has 0 saturated heterocycles. The molecule has 0 fully saturated rings. The quantitative estimate of drug-likeness (QED) is 0.573. The number of Topliss-reactive ketones (excluding diaryl/α,β-unsaturated/α-hetero) is 1. The lowest BCUT2D eigenvalue weighted by atomic mass is 10.0. The summed E-state index contributed by atoms with van der Waals surface area (Å²) in [7, 11) is 0. The van der Waals surface area contributed by atoms with E-state index in [0.29, 0.717) is 17.8 Å². The van der Waals surface area contributed by atoms with Crippen molar-refractivity contribution in [2.24, 2.45) is 5.73 Å². The summed E-state index contributed by atoms with van der Waals surface area (Å²) in [5, 5.41) is 7.14. The molecule has 29 heavy (non-hydrogen) atoms. The Labute approximate surface area is 168 Å². The van der Waals surface area contributed by atoms with E-state index in [1.54, 1.807) is 10.9 Å². The van der Waals surface area contributed by atoms with E-state index in [1.807, 2.05) is 67.6 Å². The Kier molecular flexibility index (Phi) is 6.19. The molecule has 0 aliphatic heterocycles. The Morgan fingerprint density at radius 2 is 1.66 bits per heavy atom. The van der Waals surface area contributed by atoms with Crippen LogP contribution in [0.3, 0.4) is 0 Å². The minimum absolute atomic E-state index is 0.164. The number of primary amides is 1. The summed E-state index contributed by atoms with van der Waals surface area (Å²) in [6.07, 6.45) is 1.79. The molecule has 0 saturated carbocycles. The van der Waals surface area contributed by atoms with Crippen molar-refractivity contribution in [2.75, 3.05) is 0 Å². The smallest absolute Gasteiger partial charge is 0.287 e. The van der Waals surface area contributed by atoms with E-state index >= 15 is 0 Å². The lowest BCUT2D eigenvalue weighted by Crippen LogP contribution is -2.47. The molecule has 1 heterocycles. The number of carbonyl (C=O) groups excluding carboxylic acids is 3. The highest BCUT2D eigenvalue weighted by Gasteiger charge is 2.27. The molecule has 1 unspecified atom stereocenters. The summed E-state index contributed by atoms with van der Waals surface area (Å²) in [6, 6.07) is 17.4. The van der Waals surface area contributed by atoms with Crippen LogP contribution >= 0.6 is 0 Å². The van der Waals surface area contributed by atoms with Gasteiger partial charge in [-0.3, -0.25) is 19.1 Å². The Hall–Kier alpha value is -3.74. The summed E-state index contributed by atoms with van der Waals surface area (Å²) in [5.74, 6) is -2.41. The van der Waals surface area contributed by atoms with Gasteiger partial charge in [0.15, 0.2) is 0 Å². The molecule has 1 aromatic heterocycles. The van der Waals surface area contributed by atoms with Crippen molar-refractivity contribution in [1.82, 2.24) is 15.1 Å². The first-order chi connectivity index (χ1) is 14.0. The summed E-state index contributed by atoms with van der Waals surface area (Å²) < 4.78 is 1.65. The molecule has 3 aromatic rings. The van der Waals surface area contributed by atoms with Crippen molar-refractivity contribution in [3.05, 3.63) is 78.0 Å². The van der Waals surface area contributed by atoms with Crippen molar-refractivity contribution < 1.29 is 14.4 Å². The SMILES string of the molecule is CCn1cc(C(=O)NC(Cc2ccccc2)C(=O)C(N)=O)c(-c2ccccc2)n1. The zero-order chi connectivity index (χ0) is 20.8. The second kappa shape index (κ2) is 8.97. The molecule has 7 heteroatoms. The molecule has 0 radical (unpaired) electrons. The molecule has 0 bridgehead atoms. The van der Waals surface area contributed by atoms with Gasteiger partial charge in [-0.25, -0.2) is 0 Å². The predicted molar refractivity (Wildman–Crippen MR) is 109 cm³/mol. The van der Waals surface area contributed by atoms with Gasteiger partial charge in [0.25, 0.3) is 11.8 Å². The maximum absolute atomic E-state index is 13.0. The summed E-state index contributed by atoms with van der Waals surface area (Å²) in [6.45, 7) is 2.50. The third-order valence-corrected chi connectivity index (χ3v) is 4.52. The van der Waals surface area contributed by atoms with Gasteiger partial charge in [0.2, 0.25) is 5.78 Å². The number of hydrogen-bond acceptors (Lipinski definition) is 4. The first-order valence-electron chi connectivity index (χ1n) is 9.31. The van der Waals surface area contributed by atoms with E-state index in [0.717, 1.165) is 11.1 Å². The van der Waals surface area contributed by atoms with Crippen molar-refractivity contribution >= 4 is 17.6 Å². The summed E-state index contributed by atoms with van der Waals surface area (Å²) >= 11 is 0. The number of carbonyl (C=O) groups is 3. The molecule has 0 spiro atoms. The van der Waals surface area contributed by atoms with E-state index < -0.39 is 23.6 Å². The lowest BCUT2D eigenvalue weighted by Gasteiger charge is -2.16. The average molecular weight is 390 g/mol. The van der Waals surface area contributed by atoms with E-state index in [-0.39, 0.29) is 6.42 Å². The Morgan fingerprint density at radius 3 is 2.24 bits per heavy atom. The van der Waals surface area contributed by atoms with Gasteiger partial charge in [0.1, 0.15) is 11.7 Å². The maximum atomic E-state index is 13.0. The largest absolute Gasteiger partial charge is 0.363 e. The Morgan fingerprint density at radius 1 is 1.03 bits per heavy atom. The average Bonchev–Trinajstić information content (AvgIpc) is 3.19. The molecule has 0 aliphatic rings. The van der Waals surface area contributed by atoms with Gasteiger partial charge < -0.3 is 11.1 Å². The number of ketones is 1. The van der Waals surface area contributed by atoms with Gasteiger partial charge in [0, 0.05) is 24.7 Å². The molecule has 1 atom stereocenters. The number of aryl methyl sites for hydroxylation is 1. The zero-order valence-corrected chi connectivity index (χ0v) is 16.0. The van der Waals surface area contributed by atoms with Gasteiger partial charge in [-0.05, 0) is 12.5 Å². The van der Waals surface area contributed by atoms with Crippen LogP contribution in [0.4, 0.5) is 0 Å². The number of nitrogens with two attached hydrogens (primary N) is 1. The van der Waals surface area contributed by atoms with Crippen LogP contribution < -0.4 is 11.1 Å². The molecule has 148 valence electrons. The van der Waals surface area contributed by atoms with Crippen molar-refractivity contribution in [3.8, 4) is 11.3 Å². The maximum Gasteiger partial charge on any atom is 0.287 e. The summed E-state index contributed by atoms with van der Waals surface area (Å²) in [5.41, 5.74) is 7.62. The predicted octanol–water partition coefficient (Wildman–Crippen LogP) is 1.97. The number of aromatic nitrogens is 2. The highest BCUT2D eigenvalue weighted by atomic mass is 16.2. The standard InChI is InChI=1S/C22H22N4O3/c1-2-26-14-17(19(25-26)16-11-7-4-8-12-16)22(29)24-18(20(27)21(23)28)13-15-9-5-3-6-10-15/h3-12,14,18H,2,13H2,1H3,(H2,23,28)(H,24,29). The zero-order valence-electron chi connectivity index (χ0n) is 16.0. The van der Waals surface area contributed by atoms with Crippen LogP contribution in [0.2, 0.25) is 0 Å². The van der Waals surface area contributed by atoms with Gasteiger partial charge in [-0.2, -0.15) is 5.10 Å². The fourth-order valence-electron chi connectivity index (χ4n) is 3.03. The van der Waals surface area contributed by atoms with Crippen LogP contribution in [-0.2, 0) is 22.6 Å². The normalized spacial score (nSPS) is 11.6. The lowest BCUT2D eigenvalue weighted by molar-refractivity contribution is -0.137. The highest BCUT2D eigenvalue weighted by molar-refractivity contribution is 6.38. The summed E-state index contributed by atoms with van der Waals surface area (Å²) in [4.78, 5) is 36.8. The number of rotatable bonds is 8. The van der Waals surface area contributed by atoms with Crippen LogP contribution in [0.15, 0.2) is 66.9 Å². The molecule has 7 nitrogen and oxygen atoms in total. The van der Waals surface area contributed by atoms with E-state index in [2.05, 4.69) is 10.4 Å². The minimum atomic E-state index is -1.08. The number of nitrogens with one attached hydrogen (secondary N) is 1. The minimum Gasteiger partial charge on any atom is -0.363 e.